The molecule has 0 radical (unpaired) electrons. The van der Waals surface area contributed by atoms with Gasteiger partial charge in [0.2, 0.25) is 0 Å². The van der Waals surface area contributed by atoms with Crippen molar-refractivity contribution >= 4 is 5.84 Å². The normalized spacial score (nSPS) is 36.1. The monoisotopic (exact) mass is 255 g/mol. The molecule has 1 aliphatic carbocycles. The third kappa shape index (κ3) is 2.78. The van der Waals surface area contributed by atoms with Crippen LogP contribution in [0.1, 0.15) is 45.4 Å². The summed E-state index contributed by atoms with van der Waals surface area (Å²) in [5, 5.41) is 22.3. The lowest BCUT2D eigenvalue weighted by Crippen LogP contribution is -2.55. The zero-order valence-corrected chi connectivity index (χ0v) is 11.2. The first-order chi connectivity index (χ1) is 8.55. The van der Waals surface area contributed by atoms with E-state index in [1.807, 2.05) is 0 Å². The first-order valence-electron chi connectivity index (χ1n) is 6.98. The number of likely N-dealkylation sites (tertiary alicyclic amines) is 1. The van der Waals surface area contributed by atoms with Gasteiger partial charge in [0.25, 0.3) is 0 Å². The lowest BCUT2D eigenvalue weighted by atomic mass is 9.71. The maximum Gasteiger partial charge on any atom is 0.140 e. The average molecular weight is 255 g/mol. The molecule has 104 valence electrons. The molecule has 1 saturated heterocycles. The number of rotatable bonds is 3. The highest BCUT2D eigenvalue weighted by atomic mass is 16.4. The minimum atomic E-state index is -0.426. The summed E-state index contributed by atoms with van der Waals surface area (Å²) in [5.41, 5.74) is 5.14. The Morgan fingerprint density at radius 2 is 2.28 bits per heavy atom. The summed E-state index contributed by atoms with van der Waals surface area (Å²) in [6, 6.07) is 0.271. The molecule has 0 bridgehead atoms. The molecule has 2 fully saturated rings. The number of fused-ring (bicyclic) bond motifs is 1. The molecule has 1 heterocycles. The van der Waals surface area contributed by atoms with E-state index in [9.17, 15) is 5.11 Å². The maximum atomic E-state index is 10.6. The minimum Gasteiger partial charge on any atom is -0.409 e. The second-order valence-corrected chi connectivity index (χ2v) is 5.94. The highest BCUT2D eigenvalue weighted by Gasteiger charge is 2.43. The summed E-state index contributed by atoms with van der Waals surface area (Å²) >= 11 is 0. The van der Waals surface area contributed by atoms with Gasteiger partial charge in [-0.15, -0.1) is 0 Å². The predicted molar refractivity (Wildman–Crippen MR) is 70.6 cm³/mol. The number of nitrogens with zero attached hydrogens (tertiary/aromatic N) is 2. The Bertz CT molecular complexity index is 321. The summed E-state index contributed by atoms with van der Waals surface area (Å²) in [6.07, 6.45) is 5.92. The van der Waals surface area contributed by atoms with Gasteiger partial charge < -0.3 is 16.0 Å². The van der Waals surface area contributed by atoms with E-state index >= 15 is 0 Å². The van der Waals surface area contributed by atoms with E-state index in [0.717, 1.165) is 38.8 Å². The second kappa shape index (κ2) is 5.45. The third-order valence-electron chi connectivity index (χ3n) is 4.72. The Kier molecular flexibility index (Phi) is 4.12. The van der Waals surface area contributed by atoms with E-state index in [-0.39, 0.29) is 11.9 Å². The summed E-state index contributed by atoms with van der Waals surface area (Å²) in [4.78, 5) is 2.36. The Hall–Kier alpha value is -0.810. The van der Waals surface area contributed by atoms with Crippen LogP contribution < -0.4 is 5.73 Å². The number of aliphatic hydroxyl groups is 1. The summed E-state index contributed by atoms with van der Waals surface area (Å²) < 4.78 is 0. The molecule has 3 unspecified atom stereocenters. The van der Waals surface area contributed by atoms with Crippen LogP contribution in [0.3, 0.4) is 0 Å². The van der Waals surface area contributed by atoms with E-state index in [1.54, 1.807) is 0 Å². The smallest absolute Gasteiger partial charge is 0.140 e. The van der Waals surface area contributed by atoms with E-state index < -0.39 is 5.60 Å². The zero-order chi connectivity index (χ0) is 13.2. The molecule has 0 amide bonds. The van der Waals surface area contributed by atoms with Gasteiger partial charge in [0, 0.05) is 31.5 Å². The standard InChI is InChI=1S/C13H25N3O2/c1-10(8-12(14)15-18)16-7-6-13(17)5-3-2-4-11(13)9-16/h10-11,17-18H,2-9H2,1H3,(H2,14,15). The molecule has 5 heteroatoms. The molecule has 0 aromatic heterocycles. The molecular weight excluding hydrogens is 230 g/mol. The lowest BCUT2D eigenvalue weighted by molar-refractivity contribution is -0.101. The van der Waals surface area contributed by atoms with E-state index in [2.05, 4.69) is 17.0 Å². The number of hydrogen-bond acceptors (Lipinski definition) is 4. The fourth-order valence-corrected chi connectivity index (χ4v) is 3.47. The van der Waals surface area contributed by atoms with Crippen molar-refractivity contribution in [3.8, 4) is 0 Å². The van der Waals surface area contributed by atoms with Crippen LogP contribution in [0.15, 0.2) is 5.16 Å². The molecule has 2 aliphatic rings. The van der Waals surface area contributed by atoms with Crippen molar-refractivity contribution in [1.29, 1.82) is 0 Å². The lowest BCUT2D eigenvalue weighted by Gasteiger charge is -2.49. The van der Waals surface area contributed by atoms with Crippen LogP contribution >= 0.6 is 0 Å². The van der Waals surface area contributed by atoms with Gasteiger partial charge in [-0.1, -0.05) is 18.0 Å². The molecular formula is C13H25N3O2. The molecule has 4 N–H and O–H groups in total. The number of hydrogen-bond donors (Lipinski definition) is 3. The molecule has 18 heavy (non-hydrogen) atoms. The van der Waals surface area contributed by atoms with Crippen molar-refractivity contribution in [3.05, 3.63) is 0 Å². The number of amidine groups is 1. The first kappa shape index (κ1) is 13.6. The van der Waals surface area contributed by atoms with Crippen molar-refractivity contribution in [2.75, 3.05) is 13.1 Å². The number of piperidine rings is 1. The van der Waals surface area contributed by atoms with Gasteiger partial charge in [-0.05, 0) is 26.2 Å². The van der Waals surface area contributed by atoms with Crippen molar-refractivity contribution in [1.82, 2.24) is 4.90 Å². The SMILES string of the molecule is CC(CC(N)=NO)N1CCC2(O)CCCCC2C1. The van der Waals surface area contributed by atoms with Crippen LogP contribution in [-0.2, 0) is 0 Å². The van der Waals surface area contributed by atoms with Gasteiger partial charge in [-0.2, -0.15) is 0 Å². The second-order valence-electron chi connectivity index (χ2n) is 5.94. The summed E-state index contributed by atoms with van der Waals surface area (Å²) in [5.74, 6) is 0.682. The number of nitrogens with two attached hydrogens (primary N) is 1. The molecule has 1 saturated carbocycles. The van der Waals surface area contributed by atoms with E-state index in [1.165, 1.54) is 6.42 Å². The van der Waals surface area contributed by atoms with Crippen molar-refractivity contribution < 1.29 is 10.3 Å². The van der Waals surface area contributed by atoms with Crippen LogP contribution in [0.5, 0.6) is 0 Å². The summed E-state index contributed by atoms with van der Waals surface area (Å²) in [7, 11) is 0. The van der Waals surface area contributed by atoms with Gasteiger partial charge in [-0.25, -0.2) is 0 Å². The van der Waals surface area contributed by atoms with Gasteiger partial charge in [-0.3, -0.25) is 4.90 Å². The van der Waals surface area contributed by atoms with Crippen LogP contribution in [0.25, 0.3) is 0 Å². The van der Waals surface area contributed by atoms with Crippen LogP contribution in [0, 0.1) is 5.92 Å². The predicted octanol–water partition coefficient (Wildman–Crippen LogP) is 1.14. The summed E-state index contributed by atoms with van der Waals surface area (Å²) in [6.45, 7) is 3.95. The van der Waals surface area contributed by atoms with Crippen molar-refractivity contribution in [3.63, 3.8) is 0 Å². The Balaban J connectivity index is 1.93. The maximum absolute atomic E-state index is 10.6. The van der Waals surface area contributed by atoms with Crippen LogP contribution in [0.2, 0.25) is 0 Å². The largest absolute Gasteiger partial charge is 0.409 e. The van der Waals surface area contributed by atoms with Crippen molar-refractivity contribution in [2.45, 2.75) is 57.1 Å². The fourth-order valence-electron chi connectivity index (χ4n) is 3.47. The highest BCUT2D eigenvalue weighted by molar-refractivity contribution is 5.80. The fraction of sp³-hybridized carbons (Fsp3) is 0.923. The first-order valence-corrected chi connectivity index (χ1v) is 6.98. The average Bonchev–Trinajstić information content (AvgIpc) is 2.37. The molecule has 5 nitrogen and oxygen atoms in total. The molecule has 3 atom stereocenters. The zero-order valence-electron chi connectivity index (χ0n) is 11.2. The van der Waals surface area contributed by atoms with Gasteiger partial charge >= 0.3 is 0 Å². The van der Waals surface area contributed by atoms with E-state index in [0.29, 0.717) is 12.3 Å². The van der Waals surface area contributed by atoms with E-state index in [4.69, 9.17) is 10.9 Å². The minimum absolute atomic E-state index is 0.271. The molecule has 1 aliphatic heterocycles. The topological polar surface area (TPSA) is 82.1 Å². The van der Waals surface area contributed by atoms with Crippen LogP contribution in [-0.4, -0.2) is 45.8 Å². The molecule has 0 aromatic rings. The Morgan fingerprint density at radius 3 is 3.00 bits per heavy atom. The quantitative estimate of drug-likeness (QED) is 0.306. The van der Waals surface area contributed by atoms with Gasteiger partial charge in [0.15, 0.2) is 0 Å². The van der Waals surface area contributed by atoms with Gasteiger partial charge in [0.05, 0.1) is 5.60 Å². The molecule has 0 spiro atoms. The third-order valence-corrected chi connectivity index (χ3v) is 4.72. The highest BCUT2D eigenvalue weighted by Crippen LogP contribution is 2.40. The van der Waals surface area contributed by atoms with Gasteiger partial charge in [0.1, 0.15) is 5.84 Å². The molecule has 2 rings (SSSR count). The van der Waals surface area contributed by atoms with Crippen LogP contribution in [0.4, 0.5) is 0 Å². The number of oxime groups is 1. The van der Waals surface area contributed by atoms with Crippen molar-refractivity contribution in [2.24, 2.45) is 16.8 Å². The Morgan fingerprint density at radius 1 is 1.50 bits per heavy atom. The Labute approximate surface area is 109 Å². The molecule has 0 aromatic carbocycles.